The number of rotatable bonds is 3. The number of anilines is 1. The van der Waals surface area contributed by atoms with E-state index in [9.17, 15) is 0 Å². The Kier molecular flexibility index (Phi) is 4.96. The maximum Gasteiger partial charge on any atom is 0.189 e. The number of fused-ring (bicyclic) bond motifs is 1. The second-order valence-corrected chi connectivity index (χ2v) is 7.60. The SMILES string of the molecule is CC1CCc2nc(NC(=S)NCc3ccc(Cl)cc3)sc2C1. The summed E-state index contributed by atoms with van der Waals surface area (Å²) in [5, 5.41) is 8.64. The third-order valence-electron chi connectivity index (χ3n) is 3.77. The lowest BCUT2D eigenvalue weighted by atomic mass is 9.93. The van der Waals surface area contributed by atoms with Crippen molar-refractivity contribution in [1.29, 1.82) is 0 Å². The molecule has 3 rings (SSSR count). The first-order valence-electron chi connectivity index (χ1n) is 7.38. The van der Waals surface area contributed by atoms with Crippen LogP contribution in [-0.2, 0) is 19.4 Å². The minimum atomic E-state index is 0.606. The average Bonchev–Trinajstić information content (AvgIpc) is 2.88. The molecule has 116 valence electrons. The predicted molar refractivity (Wildman–Crippen MR) is 97.8 cm³/mol. The molecule has 6 heteroatoms. The van der Waals surface area contributed by atoms with E-state index < -0.39 is 0 Å². The summed E-state index contributed by atoms with van der Waals surface area (Å²) in [6, 6.07) is 7.74. The zero-order valence-corrected chi connectivity index (χ0v) is 14.7. The normalized spacial score (nSPS) is 16.9. The van der Waals surface area contributed by atoms with Crippen molar-refractivity contribution in [1.82, 2.24) is 10.3 Å². The fraction of sp³-hybridized carbons (Fsp3) is 0.375. The van der Waals surface area contributed by atoms with Gasteiger partial charge in [-0.05, 0) is 55.1 Å². The molecule has 1 aromatic carbocycles. The molecule has 1 heterocycles. The van der Waals surface area contributed by atoms with E-state index in [4.69, 9.17) is 23.8 Å². The first kappa shape index (κ1) is 15.7. The number of nitrogens with one attached hydrogen (secondary N) is 2. The van der Waals surface area contributed by atoms with Crippen LogP contribution in [0, 0.1) is 5.92 Å². The highest BCUT2D eigenvalue weighted by atomic mass is 35.5. The minimum Gasteiger partial charge on any atom is -0.358 e. The standard InChI is InChI=1S/C16H18ClN3S2/c1-10-2-7-13-14(8-10)22-16(19-13)20-15(21)18-9-11-3-5-12(17)6-4-11/h3-6,10H,2,7-9H2,1H3,(H2,18,19,20,21). The first-order chi connectivity index (χ1) is 10.6. The number of thiazole rings is 1. The monoisotopic (exact) mass is 351 g/mol. The highest BCUT2D eigenvalue weighted by Crippen LogP contribution is 2.31. The van der Waals surface area contributed by atoms with E-state index in [0.717, 1.165) is 34.5 Å². The summed E-state index contributed by atoms with van der Waals surface area (Å²) >= 11 is 12.9. The minimum absolute atomic E-state index is 0.606. The van der Waals surface area contributed by atoms with Gasteiger partial charge in [-0.25, -0.2) is 4.98 Å². The van der Waals surface area contributed by atoms with E-state index in [1.54, 1.807) is 11.3 Å². The van der Waals surface area contributed by atoms with Crippen LogP contribution >= 0.6 is 35.2 Å². The molecular formula is C16H18ClN3S2. The average molecular weight is 352 g/mol. The maximum absolute atomic E-state index is 5.88. The van der Waals surface area contributed by atoms with E-state index in [2.05, 4.69) is 22.5 Å². The predicted octanol–water partition coefficient (Wildman–Crippen LogP) is 4.41. The molecule has 0 bridgehead atoms. The Morgan fingerprint density at radius 2 is 2.18 bits per heavy atom. The lowest BCUT2D eigenvalue weighted by Crippen LogP contribution is -2.27. The number of halogens is 1. The number of benzene rings is 1. The molecule has 0 spiro atoms. The largest absolute Gasteiger partial charge is 0.358 e. The van der Waals surface area contributed by atoms with Crippen LogP contribution in [0.5, 0.6) is 0 Å². The quantitative estimate of drug-likeness (QED) is 0.803. The molecule has 0 saturated carbocycles. The maximum atomic E-state index is 5.88. The number of aryl methyl sites for hydroxylation is 1. The fourth-order valence-electron chi connectivity index (χ4n) is 2.52. The molecule has 1 aliphatic rings. The highest BCUT2D eigenvalue weighted by molar-refractivity contribution is 7.80. The van der Waals surface area contributed by atoms with Crippen molar-refractivity contribution in [2.45, 2.75) is 32.7 Å². The van der Waals surface area contributed by atoms with Gasteiger partial charge in [-0.3, -0.25) is 0 Å². The second-order valence-electron chi connectivity index (χ2n) is 5.67. The van der Waals surface area contributed by atoms with Crippen molar-refractivity contribution in [3.8, 4) is 0 Å². The highest BCUT2D eigenvalue weighted by Gasteiger charge is 2.19. The lowest BCUT2D eigenvalue weighted by Gasteiger charge is -2.15. The van der Waals surface area contributed by atoms with Gasteiger partial charge in [0.1, 0.15) is 0 Å². The molecule has 1 unspecified atom stereocenters. The van der Waals surface area contributed by atoms with Gasteiger partial charge in [0.15, 0.2) is 10.2 Å². The number of hydrogen-bond acceptors (Lipinski definition) is 3. The molecule has 1 aliphatic carbocycles. The zero-order valence-electron chi connectivity index (χ0n) is 12.4. The fourth-order valence-corrected chi connectivity index (χ4v) is 4.05. The molecule has 1 atom stereocenters. The van der Waals surface area contributed by atoms with E-state index in [0.29, 0.717) is 11.7 Å². The molecule has 0 radical (unpaired) electrons. The molecule has 0 aliphatic heterocycles. The van der Waals surface area contributed by atoms with Crippen molar-refractivity contribution in [2.24, 2.45) is 5.92 Å². The van der Waals surface area contributed by atoms with Gasteiger partial charge in [-0.2, -0.15) is 0 Å². The smallest absolute Gasteiger partial charge is 0.189 e. The number of nitrogens with zero attached hydrogens (tertiary/aromatic N) is 1. The Labute approximate surface area is 145 Å². The third-order valence-corrected chi connectivity index (χ3v) is 5.31. The van der Waals surface area contributed by atoms with Crippen molar-refractivity contribution in [3.63, 3.8) is 0 Å². The molecule has 1 aromatic heterocycles. The van der Waals surface area contributed by atoms with Crippen LogP contribution in [0.25, 0.3) is 0 Å². The summed E-state index contributed by atoms with van der Waals surface area (Å²) in [6.45, 7) is 2.97. The Morgan fingerprint density at radius 1 is 1.41 bits per heavy atom. The van der Waals surface area contributed by atoms with Crippen LogP contribution in [0.15, 0.2) is 24.3 Å². The summed E-state index contributed by atoms with van der Waals surface area (Å²) in [7, 11) is 0. The van der Waals surface area contributed by atoms with Gasteiger partial charge in [-0.1, -0.05) is 30.7 Å². The molecule has 0 saturated heterocycles. The number of thiocarbonyl (C=S) groups is 1. The van der Waals surface area contributed by atoms with Crippen molar-refractivity contribution in [3.05, 3.63) is 45.4 Å². The summed E-state index contributed by atoms with van der Waals surface area (Å²) in [5.41, 5.74) is 2.38. The van der Waals surface area contributed by atoms with Crippen molar-refractivity contribution in [2.75, 3.05) is 5.32 Å². The van der Waals surface area contributed by atoms with Crippen LogP contribution < -0.4 is 10.6 Å². The summed E-state index contributed by atoms with van der Waals surface area (Å²) < 4.78 is 0. The second kappa shape index (κ2) is 6.94. The van der Waals surface area contributed by atoms with Crippen molar-refractivity contribution < 1.29 is 0 Å². The van der Waals surface area contributed by atoms with Crippen LogP contribution in [0.4, 0.5) is 5.13 Å². The summed E-state index contributed by atoms with van der Waals surface area (Å²) in [5.74, 6) is 0.760. The van der Waals surface area contributed by atoms with Crippen LogP contribution in [-0.4, -0.2) is 10.1 Å². The van der Waals surface area contributed by atoms with Gasteiger partial charge in [0.2, 0.25) is 0 Å². The summed E-state index contributed by atoms with van der Waals surface area (Å²) in [4.78, 5) is 6.06. The van der Waals surface area contributed by atoms with Gasteiger partial charge in [-0.15, -0.1) is 11.3 Å². The van der Waals surface area contributed by atoms with Gasteiger partial charge in [0, 0.05) is 16.4 Å². The van der Waals surface area contributed by atoms with Gasteiger partial charge < -0.3 is 10.6 Å². The molecule has 0 amide bonds. The molecule has 2 aromatic rings. The number of hydrogen-bond donors (Lipinski definition) is 2. The Morgan fingerprint density at radius 3 is 2.95 bits per heavy atom. The Bertz CT molecular complexity index is 667. The van der Waals surface area contributed by atoms with Crippen LogP contribution in [0.2, 0.25) is 5.02 Å². The third kappa shape index (κ3) is 3.97. The van der Waals surface area contributed by atoms with Gasteiger partial charge >= 0.3 is 0 Å². The molecule has 22 heavy (non-hydrogen) atoms. The first-order valence-corrected chi connectivity index (χ1v) is 8.98. The van der Waals surface area contributed by atoms with Gasteiger partial charge in [0.25, 0.3) is 0 Å². The van der Waals surface area contributed by atoms with E-state index in [1.807, 2.05) is 24.3 Å². The summed E-state index contributed by atoms with van der Waals surface area (Å²) in [6.07, 6.45) is 3.45. The number of aromatic nitrogens is 1. The topological polar surface area (TPSA) is 37.0 Å². The van der Waals surface area contributed by atoms with Crippen molar-refractivity contribution >= 4 is 45.4 Å². The van der Waals surface area contributed by atoms with E-state index in [-0.39, 0.29) is 0 Å². The molecule has 0 fully saturated rings. The Balaban J connectivity index is 1.54. The van der Waals surface area contributed by atoms with Crippen LogP contribution in [0.1, 0.15) is 29.5 Å². The van der Waals surface area contributed by atoms with E-state index >= 15 is 0 Å². The lowest BCUT2D eigenvalue weighted by molar-refractivity contribution is 0.502. The molecule has 3 nitrogen and oxygen atoms in total. The Hall–Kier alpha value is -1.17. The molecular weight excluding hydrogens is 334 g/mol. The van der Waals surface area contributed by atoms with Crippen LogP contribution in [0.3, 0.4) is 0 Å². The van der Waals surface area contributed by atoms with Gasteiger partial charge in [0.05, 0.1) is 5.69 Å². The molecule has 2 N–H and O–H groups in total. The zero-order chi connectivity index (χ0) is 15.5. The van der Waals surface area contributed by atoms with E-state index in [1.165, 1.54) is 17.0 Å².